The topological polar surface area (TPSA) is 134 Å². The van der Waals surface area contributed by atoms with E-state index in [-0.39, 0.29) is 35.6 Å². The third-order valence-corrected chi connectivity index (χ3v) is 5.31. The number of aromatic hydroxyl groups is 1. The summed E-state index contributed by atoms with van der Waals surface area (Å²) in [6.45, 7) is 1.11. The van der Waals surface area contributed by atoms with E-state index >= 15 is 0 Å². The molecule has 9 heteroatoms. The van der Waals surface area contributed by atoms with Crippen molar-refractivity contribution in [3.05, 3.63) is 60.0 Å². The van der Waals surface area contributed by atoms with Crippen molar-refractivity contribution < 1.29 is 19.4 Å². The maximum atomic E-state index is 12.6. The molecule has 1 fully saturated rings. The smallest absolute Gasteiger partial charge is 0.254 e. The van der Waals surface area contributed by atoms with Gasteiger partial charge < -0.3 is 20.5 Å². The molecule has 1 aliphatic heterocycles. The Balaban J connectivity index is 1.36. The third-order valence-electron chi connectivity index (χ3n) is 5.31. The van der Waals surface area contributed by atoms with E-state index in [1.807, 2.05) is 0 Å². The molecule has 4 N–H and O–H groups in total. The summed E-state index contributed by atoms with van der Waals surface area (Å²) in [4.78, 5) is 30.6. The minimum Gasteiger partial charge on any atom is -0.508 e. The van der Waals surface area contributed by atoms with Crippen molar-refractivity contribution in [3.8, 4) is 22.8 Å². The zero-order chi connectivity index (χ0) is 21.8. The largest absolute Gasteiger partial charge is 0.508 e. The first-order valence-corrected chi connectivity index (χ1v) is 10.0. The van der Waals surface area contributed by atoms with Gasteiger partial charge in [-0.2, -0.15) is 5.10 Å². The molecule has 4 rings (SSSR count). The van der Waals surface area contributed by atoms with Crippen LogP contribution < -0.4 is 10.5 Å². The molecule has 3 heterocycles. The predicted octanol–water partition coefficient (Wildman–Crippen LogP) is 1.89. The Morgan fingerprint density at radius 2 is 1.90 bits per heavy atom. The predicted molar refractivity (Wildman–Crippen MR) is 112 cm³/mol. The molecule has 0 atom stereocenters. The lowest BCUT2D eigenvalue weighted by Crippen LogP contribution is -2.42. The summed E-state index contributed by atoms with van der Waals surface area (Å²) in [5, 5.41) is 16.0. The number of primary amides is 1. The number of benzene rings is 1. The third kappa shape index (κ3) is 4.82. The number of H-pyrrole nitrogens is 1. The summed E-state index contributed by atoms with van der Waals surface area (Å²) in [5.41, 5.74) is 8.11. The number of carbonyl (C=O) groups is 2. The first kappa shape index (κ1) is 20.4. The normalized spacial score (nSPS) is 14.4. The molecule has 0 saturated carbocycles. The summed E-state index contributed by atoms with van der Waals surface area (Å²) < 4.78 is 5.98. The maximum Gasteiger partial charge on any atom is 0.254 e. The fourth-order valence-electron chi connectivity index (χ4n) is 3.57. The van der Waals surface area contributed by atoms with E-state index < -0.39 is 5.91 Å². The zero-order valence-electron chi connectivity index (χ0n) is 16.8. The number of phenols is 1. The number of ether oxygens (including phenoxy) is 1. The molecule has 9 nitrogen and oxygen atoms in total. The van der Waals surface area contributed by atoms with Crippen LogP contribution in [0, 0.1) is 0 Å². The summed E-state index contributed by atoms with van der Waals surface area (Å²) in [5.74, 6) is -0.205. The van der Waals surface area contributed by atoms with Crippen LogP contribution >= 0.6 is 0 Å². The second-order valence-corrected chi connectivity index (χ2v) is 7.47. The SMILES string of the molecule is NC(=O)c1cc(-c2cn[nH]c2)cnc1OC1CCN(C(=O)Cc2ccc(O)cc2)CC1. The maximum absolute atomic E-state index is 12.6. The monoisotopic (exact) mass is 421 g/mol. The number of rotatable bonds is 6. The van der Waals surface area contributed by atoms with Crippen molar-refractivity contribution in [1.29, 1.82) is 0 Å². The van der Waals surface area contributed by atoms with Gasteiger partial charge in [0.1, 0.15) is 17.4 Å². The molecule has 3 aromatic rings. The van der Waals surface area contributed by atoms with E-state index in [9.17, 15) is 14.7 Å². The van der Waals surface area contributed by atoms with Crippen molar-refractivity contribution in [2.75, 3.05) is 13.1 Å². The van der Waals surface area contributed by atoms with Crippen LogP contribution in [0.15, 0.2) is 48.9 Å². The van der Waals surface area contributed by atoms with Gasteiger partial charge in [0.05, 0.1) is 12.6 Å². The number of hydrogen-bond acceptors (Lipinski definition) is 6. The van der Waals surface area contributed by atoms with Gasteiger partial charge in [-0.3, -0.25) is 14.7 Å². The Morgan fingerprint density at radius 1 is 1.16 bits per heavy atom. The fourth-order valence-corrected chi connectivity index (χ4v) is 3.57. The molecule has 1 aliphatic rings. The number of nitrogens with zero attached hydrogens (tertiary/aromatic N) is 3. The van der Waals surface area contributed by atoms with Gasteiger partial charge in [-0.15, -0.1) is 0 Å². The van der Waals surface area contributed by atoms with E-state index in [0.717, 1.165) is 11.1 Å². The zero-order valence-corrected chi connectivity index (χ0v) is 16.8. The van der Waals surface area contributed by atoms with Gasteiger partial charge in [-0.25, -0.2) is 4.98 Å². The first-order valence-electron chi connectivity index (χ1n) is 10.0. The number of hydrogen-bond donors (Lipinski definition) is 3. The van der Waals surface area contributed by atoms with E-state index in [1.54, 1.807) is 53.8 Å². The van der Waals surface area contributed by atoms with Crippen LogP contribution in [0.5, 0.6) is 11.6 Å². The minimum atomic E-state index is -0.616. The van der Waals surface area contributed by atoms with Crippen molar-refractivity contribution in [1.82, 2.24) is 20.1 Å². The molecule has 2 aromatic heterocycles. The Labute approximate surface area is 178 Å². The van der Waals surface area contributed by atoms with Crippen molar-refractivity contribution in [2.24, 2.45) is 5.73 Å². The number of aromatic amines is 1. The van der Waals surface area contributed by atoms with Crippen LogP contribution in [-0.4, -0.2) is 56.2 Å². The van der Waals surface area contributed by atoms with Crippen LogP contribution in [0.25, 0.3) is 11.1 Å². The molecule has 2 amide bonds. The molecule has 0 aliphatic carbocycles. The molecular formula is C22H23N5O4. The Bertz CT molecular complexity index is 1060. The molecule has 0 radical (unpaired) electrons. The first-order chi connectivity index (χ1) is 15.0. The second-order valence-electron chi connectivity index (χ2n) is 7.47. The summed E-state index contributed by atoms with van der Waals surface area (Å²) >= 11 is 0. The highest BCUT2D eigenvalue weighted by Crippen LogP contribution is 2.26. The van der Waals surface area contributed by atoms with Gasteiger partial charge in [0.2, 0.25) is 11.8 Å². The molecule has 0 spiro atoms. The van der Waals surface area contributed by atoms with Crippen LogP contribution in [-0.2, 0) is 11.2 Å². The molecule has 1 aromatic carbocycles. The van der Waals surface area contributed by atoms with Gasteiger partial charge in [-0.05, 0) is 23.8 Å². The number of nitrogens with two attached hydrogens (primary N) is 1. The van der Waals surface area contributed by atoms with Crippen LogP contribution in [0.4, 0.5) is 0 Å². The number of piperidine rings is 1. The van der Waals surface area contributed by atoms with E-state index in [0.29, 0.717) is 31.5 Å². The van der Waals surface area contributed by atoms with Crippen molar-refractivity contribution in [2.45, 2.75) is 25.4 Å². The highest BCUT2D eigenvalue weighted by Gasteiger charge is 2.26. The Morgan fingerprint density at radius 3 is 2.55 bits per heavy atom. The fraction of sp³-hybridized carbons (Fsp3) is 0.273. The number of nitrogens with one attached hydrogen (secondary N) is 1. The molecule has 31 heavy (non-hydrogen) atoms. The lowest BCUT2D eigenvalue weighted by atomic mass is 10.1. The standard InChI is InChI=1S/C22H23N5O4/c23-21(30)19-10-15(16-12-25-26-13-16)11-24-22(19)31-18-5-7-27(8-6-18)20(29)9-14-1-3-17(28)4-2-14/h1-4,10-13,18,28H,5-9H2,(H2,23,30)(H,25,26). The number of pyridine rings is 1. The number of phenolic OH excluding ortho intramolecular Hbond substituents is 1. The van der Waals surface area contributed by atoms with Crippen LogP contribution in [0.2, 0.25) is 0 Å². The number of carbonyl (C=O) groups excluding carboxylic acids is 2. The molecule has 0 bridgehead atoms. The molecular weight excluding hydrogens is 398 g/mol. The van der Waals surface area contributed by atoms with Gasteiger partial charge >= 0.3 is 0 Å². The van der Waals surface area contributed by atoms with Crippen LogP contribution in [0.1, 0.15) is 28.8 Å². The van der Waals surface area contributed by atoms with Crippen molar-refractivity contribution in [3.63, 3.8) is 0 Å². The van der Waals surface area contributed by atoms with Gasteiger partial charge in [-0.1, -0.05) is 12.1 Å². The Hall–Kier alpha value is -3.88. The van der Waals surface area contributed by atoms with Gasteiger partial charge in [0, 0.05) is 49.5 Å². The number of aromatic nitrogens is 3. The molecule has 1 saturated heterocycles. The van der Waals surface area contributed by atoms with Crippen LogP contribution in [0.3, 0.4) is 0 Å². The summed E-state index contributed by atoms with van der Waals surface area (Å²) in [6, 6.07) is 8.28. The van der Waals surface area contributed by atoms with Gasteiger partial charge in [0.15, 0.2) is 0 Å². The highest BCUT2D eigenvalue weighted by atomic mass is 16.5. The second kappa shape index (κ2) is 8.86. The average molecular weight is 421 g/mol. The lowest BCUT2D eigenvalue weighted by Gasteiger charge is -2.32. The Kier molecular flexibility index (Phi) is 5.83. The average Bonchev–Trinajstić information content (AvgIpc) is 3.31. The number of likely N-dealkylation sites (tertiary alicyclic amines) is 1. The summed E-state index contributed by atoms with van der Waals surface area (Å²) in [7, 11) is 0. The molecule has 0 unspecified atom stereocenters. The lowest BCUT2D eigenvalue weighted by molar-refractivity contribution is -0.132. The number of amides is 2. The van der Waals surface area contributed by atoms with E-state index in [2.05, 4.69) is 15.2 Å². The summed E-state index contributed by atoms with van der Waals surface area (Å²) in [6.07, 6.45) is 6.33. The quantitative estimate of drug-likeness (QED) is 0.556. The molecule has 160 valence electrons. The van der Waals surface area contributed by atoms with Gasteiger partial charge in [0.25, 0.3) is 5.91 Å². The van der Waals surface area contributed by atoms with Crippen molar-refractivity contribution >= 4 is 11.8 Å². The highest BCUT2D eigenvalue weighted by molar-refractivity contribution is 5.96. The van der Waals surface area contributed by atoms with E-state index in [1.165, 1.54) is 0 Å². The minimum absolute atomic E-state index is 0.0320. The van der Waals surface area contributed by atoms with E-state index in [4.69, 9.17) is 10.5 Å².